The molecule has 0 saturated heterocycles. The molecule has 2 aromatic rings. The van der Waals surface area contributed by atoms with E-state index in [0.29, 0.717) is 11.1 Å². The Hall–Kier alpha value is -2.34. The standard InChI is InChI=1S/C13H13NO5/c1-18-8-2-3-9-10(13(17)14-4-5-15)7-12(16)19-11(9)6-8/h2-3,6-7,15H,4-5H2,1H3,(H,14,17). The van der Waals surface area contributed by atoms with Crippen molar-refractivity contribution >= 4 is 16.9 Å². The largest absolute Gasteiger partial charge is 0.497 e. The molecule has 0 radical (unpaired) electrons. The van der Waals surface area contributed by atoms with Gasteiger partial charge in [0.15, 0.2) is 0 Å². The molecule has 0 atom stereocenters. The van der Waals surface area contributed by atoms with Gasteiger partial charge < -0.3 is 19.6 Å². The highest BCUT2D eigenvalue weighted by Crippen LogP contribution is 2.22. The van der Waals surface area contributed by atoms with E-state index in [2.05, 4.69) is 5.32 Å². The molecule has 100 valence electrons. The van der Waals surface area contributed by atoms with E-state index in [4.69, 9.17) is 14.3 Å². The maximum Gasteiger partial charge on any atom is 0.337 e. The van der Waals surface area contributed by atoms with Crippen LogP contribution < -0.4 is 15.7 Å². The first-order valence-corrected chi connectivity index (χ1v) is 5.66. The van der Waals surface area contributed by atoms with E-state index in [1.165, 1.54) is 7.11 Å². The monoisotopic (exact) mass is 263 g/mol. The van der Waals surface area contributed by atoms with Gasteiger partial charge in [0.2, 0.25) is 0 Å². The molecule has 0 fully saturated rings. The fourth-order valence-corrected chi connectivity index (χ4v) is 1.72. The summed E-state index contributed by atoms with van der Waals surface area (Å²) in [6, 6.07) is 5.98. The van der Waals surface area contributed by atoms with E-state index in [1.54, 1.807) is 18.2 Å². The van der Waals surface area contributed by atoms with Crippen LogP contribution in [0.25, 0.3) is 11.0 Å². The molecule has 0 aliphatic rings. The van der Waals surface area contributed by atoms with Gasteiger partial charge >= 0.3 is 5.63 Å². The summed E-state index contributed by atoms with van der Waals surface area (Å²) in [7, 11) is 1.50. The van der Waals surface area contributed by atoms with Crippen molar-refractivity contribution in [2.45, 2.75) is 0 Å². The zero-order valence-corrected chi connectivity index (χ0v) is 10.3. The molecule has 0 bridgehead atoms. The molecular weight excluding hydrogens is 250 g/mol. The van der Waals surface area contributed by atoms with Crippen LogP contribution in [0.1, 0.15) is 10.4 Å². The van der Waals surface area contributed by atoms with Crippen LogP contribution in [-0.2, 0) is 0 Å². The van der Waals surface area contributed by atoms with Gasteiger partial charge in [-0.05, 0) is 12.1 Å². The lowest BCUT2D eigenvalue weighted by atomic mass is 10.1. The molecule has 0 aliphatic carbocycles. The Morgan fingerprint density at radius 3 is 2.89 bits per heavy atom. The highest BCUT2D eigenvalue weighted by atomic mass is 16.5. The molecule has 1 aromatic carbocycles. The lowest BCUT2D eigenvalue weighted by molar-refractivity contribution is 0.0946. The minimum atomic E-state index is -0.616. The number of nitrogens with one attached hydrogen (secondary N) is 1. The highest BCUT2D eigenvalue weighted by Gasteiger charge is 2.13. The van der Waals surface area contributed by atoms with Gasteiger partial charge in [0, 0.05) is 24.1 Å². The zero-order valence-electron chi connectivity index (χ0n) is 10.3. The zero-order chi connectivity index (χ0) is 13.8. The number of ether oxygens (including phenoxy) is 1. The maximum atomic E-state index is 11.9. The number of hydrogen-bond donors (Lipinski definition) is 2. The Bertz CT molecular complexity index is 662. The van der Waals surface area contributed by atoms with Crippen LogP contribution in [0, 0.1) is 0 Å². The SMILES string of the molecule is COc1ccc2c(C(=O)NCCO)cc(=O)oc2c1. The molecule has 1 aromatic heterocycles. The Labute approximate surface area is 108 Å². The second kappa shape index (κ2) is 5.53. The second-order valence-electron chi connectivity index (χ2n) is 3.82. The van der Waals surface area contributed by atoms with Crippen LogP contribution in [0.5, 0.6) is 5.75 Å². The van der Waals surface area contributed by atoms with E-state index in [9.17, 15) is 9.59 Å². The molecule has 0 saturated carbocycles. The summed E-state index contributed by atoms with van der Waals surface area (Å²) in [5.41, 5.74) is -0.127. The molecule has 2 rings (SSSR count). The predicted octanol–water partition coefficient (Wildman–Crippen LogP) is 0.524. The summed E-state index contributed by atoms with van der Waals surface area (Å²) in [5.74, 6) is 0.0979. The molecule has 6 heteroatoms. The maximum absolute atomic E-state index is 11.9. The Kier molecular flexibility index (Phi) is 3.82. The first kappa shape index (κ1) is 13.1. The van der Waals surface area contributed by atoms with Crippen molar-refractivity contribution in [3.63, 3.8) is 0 Å². The molecule has 1 amide bonds. The van der Waals surface area contributed by atoms with Crippen molar-refractivity contribution in [3.05, 3.63) is 40.2 Å². The van der Waals surface area contributed by atoms with Crippen molar-refractivity contribution in [3.8, 4) is 5.75 Å². The third-order valence-electron chi connectivity index (χ3n) is 2.59. The fourth-order valence-electron chi connectivity index (χ4n) is 1.72. The number of aliphatic hydroxyl groups excluding tert-OH is 1. The summed E-state index contributed by atoms with van der Waals surface area (Å²) in [5, 5.41) is 11.7. The lowest BCUT2D eigenvalue weighted by Gasteiger charge is -2.07. The van der Waals surface area contributed by atoms with Gasteiger partial charge in [-0.3, -0.25) is 4.79 Å². The summed E-state index contributed by atoms with van der Waals surface area (Å²) < 4.78 is 10.1. The number of rotatable bonds is 4. The number of fused-ring (bicyclic) bond motifs is 1. The van der Waals surface area contributed by atoms with Crippen LogP contribution >= 0.6 is 0 Å². The Morgan fingerprint density at radius 2 is 2.21 bits per heavy atom. The van der Waals surface area contributed by atoms with Crippen molar-refractivity contribution < 1.29 is 19.1 Å². The fraction of sp³-hybridized carbons (Fsp3) is 0.231. The Morgan fingerprint density at radius 1 is 1.42 bits per heavy atom. The molecular formula is C13H13NO5. The minimum Gasteiger partial charge on any atom is -0.497 e. The van der Waals surface area contributed by atoms with Crippen LogP contribution in [0.3, 0.4) is 0 Å². The summed E-state index contributed by atoms with van der Waals surface area (Å²) in [6.07, 6.45) is 0. The summed E-state index contributed by atoms with van der Waals surface area (Å²) in [6.45, 7) is -0.0460. The lowest BCUT2D eigenvalue weighted by Crippen LogP contribution is -2.27. The van der Waals surface area contributed by atoms with E-state index in [-0.39, 0.29) is 24.3 Å². The summed E-state index contributed by atoms with van der Waals surface area (Å²) in [4.78, 5) is 23.3. The highest BCUT2D eigenvalue weighted by molar-refractivity contribution is 6.05. The number of methoxy groups -OCH3 is 1. The first-order valence-electron chi connectivity index (χ1n) is 5.66. The van der Waals surface area contributed by atoms with E-state index in [1.807, 2.05) is 0 Å². The predicted molar refractivity (Wildman–Crippen MR) is 68.5 cm³/mol. The normalized spacial score (nSPS) is 10.4. The van der Waals surface area contributed by atoms with Gasteiger partial charge in [-0.2, -0.15) is 0 Å². The molecule has 6 nitrogen and oxygen atoms in total. The van der Waals surface area contributed by atoms with Gasteiger partial charge in [-0.25, -0.2) is 4.79 Å². The van der Waals surface area contributed by atoms with E-state index in [0.717, 1.165) is 6.07 Å². The smallest absolute Gasteiger partial charge is 0.337 e. The van der Waals surface area contributed by atoms with Crippen molar-refractivity contribution in [1.82, 2.24) is 5.32 Å². The van der Waals surface area contributed by atoms with Gasteiger partial charge in [0.1, 0.15) is 11.3 Å². The van der Waals surface area contributed by atoms with E-state index < -0.39 is 11.5 Å². The minimum absolute atomic E-state index is 0.122. The van der Waals surface area contributed by atoms with Gasteiger partial charge in [-0.15, -0.1) is 0 Å². The molecule has 0 aliphatic heterocycles. The number of aliphatic hydroxyl groups is 1. The molecule has 19 heavy (non-hydrogen) atoms. The third-order valence-corrected chi connectivity index (χ3v) is 2.59. The van der Waals surface area contributed by atoms with Gasteiger partial charge in [0.05, 0.1) is 19.3 Å². The quantitative estimate of drug-likeness (QED) is 0.785. The van der Waals surface area contributed by atoms with Crippen LogP contribution in [0.15, 0.2) is 33.5 Å². The molecule has 2 N–H and O–H groups in total. The average molecular weight is 263 g/mol. The van der Waals surface area contributed by atoms with Crippen molar-refractivity contribution in [1.29, 1.82) is 0 Å². The van der Waals surface area contributed by atoms with Crippen molar-refractivity contribution in [2.75, 3.05) is 20.3 Å². The first-order chi connectivity index (χ1) is 9.15. The molecule has 1 heterocycles. The van der Waals surface area contributed by atoms with Crippen molar-refractivity contribution in [2.24, 2.45) is 0 Å². The number of carbonyl (C=O) groups excluding carboxylic acids is 1. The van der Waals surface area contributed by atoms with Crippen LogP contribution in [-0.4, -0.2) is 31.3 Å². The van der Waals surface area contributed by atoms with Gasteiger partial charge in [-0.1, -0.05) is 0 Å². The Balaban J connectivity index is 2.54. The molecule has 0 spiro atoms. The number of benzene rings is 1. The number of carbonyl (C=O) groups is 1. The number of hydrogen-bond acceptors (Lipinski definition) is 5. The number of amides is 1. The van der Waals surface area contributed by atoms with E-state index >= 15 is 0 Å². The third kappa shape index (κ3) is 2.74. The van der Waals surface area contributed by atoms with Gasteiger partial charge in [0.25, 0.3) is 5.91 Å². The van der Waals surface area contributed by atoms with Crippen LogP contribution in [0.2, 0.25) is 0 Å². The summed E-state index contributed by atoms with van der Waals surface area (Å²) >= 11 is 0. The second-order valence-corrected chi connectivity index (χ2v) is 3.82. The molecule has 0 unspecified atom stereocenters. The topological polar surface area (TPSA) is 88.8 Å². The van der Waals surface area contributed by atoms with Crippen LogP contribution in [0.4, 0.5) is 0 Å². The average Bonchev–Trinajstić information content (AvgIpc) is 2.42.